The molecule has 0 radical (unpaired) electrons. The normalized spacial score (nSPS) is 14.7. The maximum absolute atomic E-state index is 13.2. The molecule has 0 saturated heterocycles. The fraction of sp³-hybridized carbons (Fsp3) is 0.333. The van der Waals surface area contributed by atoms with Crippen molar-refractivity contribution < 1.29 is 9.18 Å². The first-order chi connectivity index (χ1) is 12.7. The number of pyridine rings is 1. The minimum atomic E-state index is -0.294. The van der Waals surface area contributed by atoms with Crippen molar-refractivity contribution >= 4 is 17.3 Å². The van der Waals surface area contributed by atoms with Gasteiger partial charge in [-0.15, -0.1) is 0 Å². The SMILES string of the molecule is CNC1CCCCC1.O=Cc1c[nH]c2ncc(-c3cccc(F)c3)cc12. The molecule has 0 spiro atoms. The molecule has 4 nitrogen and oxygen atoms in total. The van der Waals surface area contributed by atoms with E-state index in [0.717, 1.165) is 28.8 Å². The number of carbonyl (C=O) groups is 1. The zero-order chi connectivity index (χ0) is 18.4. The van der Waals surface area contributed by atoms with E-state index in [2.05, 4.69) is 22.3 Å². The van der Waals surface area contributed by atoms with Crippen molar-refractivity contribution in [3.8, 4) is 11.1 Å². The Bertz CT molecular complexity index is 869. The van der Waals surface area contributed by atoms with Crippen LogP contribution in [0.1, 0.15) is 42.5 Å². The van der Waals surface area contributed by atoms with E-state index in [1.165, 1.54) is 44.2 Å². The fourth-order valence-corrected chi connectivity index (χ4v) is 3.34. The summed E-state index contributed by atoms with van der Waals surface area (Å²) in [5.74, 6) is -0.294. The number of aldehydes is 1. The molecule has 0 amide bonds. The average Bonchev–Trinajstić information content (AvgIpc) is 3.11. The fourth-order valence-electron chi connectivity index (χ4n) is 3.34. The van der Waals surface area contributed by atoms with Gasteiger partial charge in [-0.1, -0.05) is 31.4 Å². The Morgan fingerprint density at radius 3 is 2.65 bits per heavy atom. The Balaban J connectivity index is 0.000000206. The first-order valence-electron chi connectivity index (χ1n) is 9.07. The van der Waals surface area contributed by atoms with Crippen LogP contribution in [-0.4, -0.2) is 29.3 Å². The number of nitrogens with one attached hydrogen (secondary N) is 2. The van der Waals surface area contributed by atoms with E-state index in [1.54, 1.807) is 24.5 Å². The molecule has 2 aromatic heterocycles. The maximum atomic E-state index is 13.2. The van der Waals surface area contributed by atoms with Crippen LogP contribution in [0.3, 0.4) is 0 Å². The van der Waals surface area contributed by atoms with Gasteiger partial charge in [0.05, 0.1) is 0 Å². The summed E-state index contributed by atoms with van der Waals surface area (Å²) in [5, 5.41) is 4.05. The Morgan fingerprint density at radius 1 is 1.19 bits per heavy atom. The van der Waals surface area contributed by atoms with Crippen LogP contribution in [0.15, 0.2) is 42.7 Å². The smallest absolute Gasteiger partial charge is 0.152 e. The molecular formula is C21H24FN3O. The molecule has 4 rings (SSSR count). The lowest BCUT2D eigenvalue weighted by atomic mass is 9.96. The van der Waals surface area contributed by atoms with Crippen LogP contribution < -0.4 is 5.32 Å². The lowest BCUT2D eigenvalue weighted by Crippen LogP contribution is -2.26. The van der Waals surface area contributed by atoms with Crippen LogP contribution >= 0.6 is 0 Å². The second-order valence-corrected chi connectivity index (χ2v) is 6.62. The van der Waals surface area contributed by atoms with E-state index in [0.29, 0.717) is 11.2 Å². The molecule has 0 atom stereocenters. The predicted molar refractivity (Wildman–Crippen MR) is 103 cm³/mol. The molecule has 1 saturated carbocycles. The number of aromatic nitrogens is 2. The van der Waals surface area contributed by atoms with E-state index in [4.69, 9.17) is 0 Å². The van der Waals surface area contributed by atoms with Crippen LogP contribution in [0.4, 0.5) is 4.39 Å². The highest BCUT2D eigenvalue weighted by Crippen LogP contribution is 2.24. The number of hydrogen-bond donors (Lipinski definition) is 2. The summed E-state index contributed by atoms with van der Waals surface area (Å²) in [5.41, 5.74) is 2.72. The molecule has 26 heavy (non-hydrogen) atoms. The molecule has 0 bridgehead atoms. The summed E-state index contributed by atoms with van der Waals surface area (Å²) < 4.78 is 13.2. The number of carbonyl (C=O) groups excluding carboxylic acids is 1. The van der Waals surface area contributed by atoms with Crippen LogP contribution in [0, 0.1) is 5.82 Å². The summed E-state index contributed by atoms with van der Waals surface area (Å²) >= 11 is 0. The number of aromatic amines is 1. The van der Waals surface area contributed by atoms with Gasteiger partial charge < -0.3 is 10.3 Å². The third kappa shape index (κ3) is 4.35. The van der Waals surface area contributed by atoms with E-state index >= 15 is 0 Å². The molecule has 0 aliphatic heterocycles. The van der Waals surface area contributed by atoms with Crippen molar-refractivity contribution in [3.63, 3.8) is 0 Å². The molecular weight excluding hydrogens is 329 g/mol. The van der Waals surface area contributed by atoms with Crippen molar-refractivity contribution in [3.05, 3.63) is 54.1 Å². The van der Waals surface area contributed by atoms with Gasteiger partial charge >= 0.3 is 0 Å². The van der Waals surface area contributed by atoms with Gasteiger partial charge in [0.25, 0.3) is 0 Å². The van der Waals surface area contributed by atoms with Gasteiger partial charge in [0.1, 0.15) is 11.5 Å². The molecule has 1 aliphatic rings. The summed E-state index contributed by atoms with van der Waals surface area (Å²) in [4.78, 5) is 18.0. The van der Waals surface area contributed by atoms with Crippen LogP contribution in [0.2, 0.25) is 0 Å². The van der Waals surface area contributed by atoms with Crippen molar-refractivity contribution in [1.29, 1.82) is 0 Å². The Labute approximate surface area is 152 Å². The van der Waals surface area contributed by atoms with Crippen molar-refractivity contribution in [2.45, 2.75) is 38.1 Å². The van der Waals surface area contributed by atoms with Crippen molar-refractivity contribution in [2.75, 3.05) is 7.05 Å². The first-order valence-corrected chi connectivity index (χ1v) is 9.07. The van der Waals surface area contributed by atoms with E-state index in [1.807, 2.05) is 6.07 Å². The summed E-state index contributed by atoms with van der Waals surface area (Å²) in [6.07, 6.45) is 11.2. The monoisotopic (exact) mass is 353 g/mol. The number of nitrogens with zero attached hydrogens (tertiary/aromatic N) is 1. The summed E-state index contributed by atoms with van der Waals surface area (Å²) in [6.45, 7) is 0. The second-order valence-electron chi connectivity index (χ2n) is 6.62. The van der Waals surface area contributed by atoms with E-state index < -0.39 is 0 Å². The number of rotatable bonds is 3. The van der Waals surface area contributed by atoms with Gasteiger partial charge in [-0.3, -0.25) is 4.79 Å². The topological polar surface area (TPSA) is 57.8 Å². The van der Waals surface area contributed by atoms with Gasteiger partial charge in [0.15, 0.2) is 6.29 Å². The number of benzene rings is 1. The largest absolute Gasteiger partial charge is 0.345 e. The molecule has 2 heterocycles. The molecule has 3 aromatic rings. The summed E-state index contributed by atoms with van der Waals surface area (Å²) in [7, 11) is 2.07. The highest BCUT2D eigenvalue weighted by Gasteiger charge is 2.09. The molecule has 5 heteroatoms. The Hall–Kier alpha value is -2.53. The third-order valence-electron chi connectivity index (χ3n) is 4.86. The van der Waals surface area contributed by atoms with Gasteiger partial charge in [-0.25, -0.2) is 9.37 Å². The number of halogens is 1. The number of hydrogen-bond acceptors (Lipinski definition) is 3. The van der Waals surface area contributed by atoms with Gasteiger partial charge in [0, 0.05) is 34.9 Å². The Kier molecular flexibility index (Phi) is 6.12. The van der Waals surface area contributed by atoms with Gasteiger partial charge in [0.2, 0.25) is 0 Å². The van der Waals surface area contributed by atoms with Crippen LogP contribution in [0.5, 0.6) is 0 Å². The highest BCUT2D eigenvalue weighted by molar-refractivity contribution is 5.97. The van der Waals surface area contributed by atoms with Crippen LogP contribution in [-0.2, 0) is 0 Å². The zero-order valence-electron chi connectivity index (χ0n) is 15.0. The highest BCUT2D eigenvalue weighted by atomic mass is 19.1. The van der Waals surface area contributed by atoms with Crippen molar-refractivity contribution in [2.24, 2.45) is 0 Å². The predicted octanol–water partition coefficient (Wildman–Crippen LogP) is 4.72. The van der Waals surface area contributed by atoms with Gasteiger partial charge in [-0.2, -0.15) is 0 Å². The quantitative estimate of drug-likeness (QED) is 0.670. The van der Waals surface area contributed by atoms with Crippen molar-refractivity contribution in [1.82, 2.24) is 15.3 Å². The minimum Gasteiger partial charge on any atom is -0.345 e. The molecule has 1 aliphatic carbocycles. The summed E-state index contributed by atoms with van der Waals surface area (Å²) in [6, 6.07) is 8.95. The molecule has 2 N–H and O–H groups in total. The minimum absolute atomic E-state index is 0.294. The third-order valence-corrected chi connectivity index (χ3v) is 4.86. The molecule has 1 fully saturated rings. The molecule has 136 valence electrons. The molecule has 0 unspecified atom stereocenters. The lowest BCUT2D eigenvalue weighted by molar-refractivity contribution is 0.112. The first kappa shape index (κ1) is 18.3. The number of fused-ring (bicyclic) bond motifs is 1. The van der Waals surface area contributed by atoms with E-state index in [-0.39, 0.29) is 5.82 Å². The molecule has 1 aromatic carbocycles. The number of H-pyrrole nitrogens is 1. The van der Waals surface area contributed by atoms with E-state index in [9.17, 15) is 9.18 Å². The van der Waals surface area contributed by atoms with Crippen LogP contribution in [0.25, 0.3) is 22.2 Å². The Morgan fingerprint density at radius 2 is 2.00 bits per heavy atom. The van der Waals surface area contributed by atoms with Gasteiger partial charge in [-0.05, 0) is 43.7 Å². The second kappa shape index (κ2) is 8.72. The maximum Gasteiger partial charge on any atom is 0.152 e. The lowest BCUT2D eigenvalue weighted by Gasteiger charge is -2.20. The zero-order valence-corrected chi connectivity index (χ0v) is 15.0. The average molecular weight is 353 g/mol. The standard InChI is InChI=1S/C14H9FN2O.C7H15N/c15-12-3-1-2-9(4-12)10-5-13-11(8-18)7-17-14(13)16-6-10;1-8-7-5-3-2-4-6-7/h1-8H,(H,16,17);7-8H,2-6H2,1H3.